The monoisotopic (exact) mass is 317 g/mol. The van der Waals surface area contributed by atoms with Gasteiger partial charge in [-0.3, -0.25) is 4.90 Å². The van der Waals surface area contributed by atoms with Crippen LogP contribution in [-0.2, 0) is 9.84 Å². The van der Waals surface area contributed by atoms with Gasteiger partial charge in [0.1, 0.15) is 0 Å². The highest BCUT2D eigenvalue weighted by molar-refractivity contribution is 7.91. The largest absolute Gasteiger partial charge is 0.338 e. The average Bonchev–Trinajstić information content (AvgIpc) is 2.78. The van der Waals surface area contributed by atoms with Gasteiger partial charge >= 0.3 is 6.03 Å². The Bertz CT molecular complexity index is 452. The minimum Gasteiger partial charge on any atom is -0.338 e. The Kier molecular flexibility index (Phi) is 5.87. The average molecular weight is 317 g/mol. The molecule has 0 bridgehead atoms. The lowest BCUT2D eigenvalue weighted by Gasteiger charge is -2.33. The van der Waals surface area contributed by atoms with Gasteiger partial charge in [0.2, 0.25) is 0 Å². The molecule has 2 aliphatic rings. The maximum Gasteiger partial charge on any atom is 0.314 e. The van der Waals surface area contributed by atoms with Crippen LogP contribution in [0.2, 0.25) is 0 Å². The molecule has 0 aromatic carbocycles. The van der Waals surface area contributed by atoms with Crippen molar-refractivity contribution in [1.29, 1.82) is 0 Å². The Morgan fingerprint density at radius 1 is 1.24 bits per heavy atom. The molecule has 0 aromatic heterocycles. The number of piperidine rings is 1. The molecule has 2 amide bonds. The minimum absolute atomic E-state index is 0.0721. The highest BCUT2D eigenvalue weighted by Crippen LogP contribution is 2.17. The van der Waals surface area contributed by atoms with Crippen LogP contribution in [0.3, 0.4) is 0 Å². The smallest absolute Gasteiger partial charge is 0.314 e. The molecule has 7 heteroatoms. The van der Waals surface area contributed by atoms with E-state index in [-0.39, 0.29) is 23.5 Å². The summed E-state index contributed by atoms with van der Waals surface area (Å²) >= 11 is 0. The highest BCUT2D eigenvalue weighted by Gasteiger charge is 2.27. The molecule has 0 aromatic rings. The molecule has 0 saturated carbocycles. The van der Waals surface area contributed by atoms with E-state index in [2.05, 4.69) is 22.5 Å². The van der Waals surface area contributed by atoms with Crippen molar-refractivity contribution in [3.8, 4) is 0 Å². The molecule has 2 N–H and O–H groups in total. The Hall–Kier alpha value is -0.820. The summed E-state index contributed by atoms with van der Waals surface area (Å²) in [6.45, 7) is 5.32. The van der Waals surface area contributed by atoms with Crippen LogP contribution in [0.15, 0.2) is 0 Å². The summed E-state index contributed by atoms with van der Waals surface area (Å²) in [6, 6.07) is 0.413. The maximum absolute atomic E-state index is 11.7. The van der Waals surface area contributed by atoms with Crippen molar-refractivity contribution >= 4 is 15.9 Å². The summed E-state index contributed by atoms with van der Waals surface area (Å²) in [6.07, 6.45) is 4.44. The first-order chi connectivity index (χ1) is 9.96. The molecule has 2 rings (SSSR count). The molecular formula is C14H27N3O3S. The Balaban J connectivity index is 1.57. The number of carbonyl (C=O) groups excluding carboxylic acids is 1. The third kappa shape index (κ3) is 5.47. The van der Waals surface area contributed by atoms with E-state index in [0.29, 0.717) is 25.6 Å². The van der Waals surface area contributed by atoms with Crippen molar-refractivity contribution in [3.05, 3.63) is 0 Å². The van der Waals surface area contributed by atoms with Crippen LogP contribution < -0.4 is 10.6 Å². The molecule has 0 spiro atoms. The van der Waals surface area contributed by atoms with Gasteiger partial charge < -0.3 is 10.6 Å². The first-order valence-electron chi connectivity index (χ1n) is 7.92. The lowest BCUT2D eigenvalue weighted by atomic mass is 10.0. The summed E-state index contributed by atoms with van der Waals surface area (Å²) in [5.74, 6) is 0.537. The van der Waals surface area contributed by atoms with Gasteiger partial charge in [0.25, 0.3) is 0 Å². The van der Waals surface area contributed by atoms with Gasteiger partial charge in [0.15, 0.2) is 9.84 Å². The van der Waals surface area contributed by atoms with Gasteiger partial charge in [-0.1, -0.05) is 6.42 Å². The molecule has 21 heavy (non-hydrogen) atoms. The molecule has 2 saturated heterocycles. The zero-order valence-corrected chi connectivity index (χ0v) is 13.6. The van der Waals surface area contributed by atoms with E-state index < -0.39 is 9.84 Å². The lowest BCUT2D eigenvalue weighted by Crippen LogP contribution is -2.45. The van der Waals surface area contributed by atoms with Crippen molar-refractivity contribution in [1.82, 2.24) is 15.5 Å². The lowest BCUT2D eigenvalue weighted by molar-refractivity contribution is 0.161. The van der Waals surface area contributed by atoms with Crippen LogP contribution in [0.4, 0.5) is 4.79 Å². The van der Waals surface area contributed by atoms with E-state index in [1.165, 1.54) is 19.3 Å². The molecule has 2 unspecified atom stereocenters. The van der Waals surface area contributed by atoms with E-state index in [4.69, 9.17) is 0 Å². The summed E-state index contributed by atoms with van der Waals surface area (Å²) in [5, 5.41) is 5.63. The standard InChI is InChI=1S/C14H27N3O3S/c1-12-4-2-3-7-17(12)8-6-15-14(18)16-10-13-5-9-21(19,20)11-13/h12-13H,2-11H2,1H3,(H2,15,16,18). The molecule has 2 atom stereocenters. The predicted molar refractivity (Wildman–Crippen MR) is 83.0 cm³/mol. The topological polar surface area (TPSA) is 78.5 Å². The Labute approximate surface area is 127 Å². The van der Waals surface area contributed by atoms with Gasteiger partial charge in [-0.25, -0.2) is 13.2 Å². The summed E-state index contributed by atoms with van der Waals surface area (Å²) in [7, 11) is -2.86. The van der Waals surface area contributed by atoms with Gasteiger partial charge in [0, 0.05) is 25.7 Å². The molecule has 2 fully saturated rings. The van der Waals surface area contributed by atoms with Gasteiger partial charge in [-0.2, -0.15) is 0 Å². The first-order valence-corrected chi connectivity index (χ1v) is 9.74. The predicted octanol–water partition coefficient (Wildman–Crippen LogP) is 0.595. The van der Waals surface area contributed by atoms with Crippen molar-refractivity contribution < 1.29 is 13.2 Å². The van der Waals surface area contributed by atoms with E-state index in [1.807, 2.05) is 0 Å². The van der Waals surface area contributed by atoms with Crippen molar-refractivity contribution in [2.24, 2.45) is 5.92 Å². The number of nitrogens with one attached hydrogen (secondary N) is 2. The number of amides is 2. The van der Waals surface area contributed by atoms with Crippen molar-refractivity contribution in [2.45, 2.75) is 38.6 Å². The third-order valence-electron chi connectivity index (χ3n) is 4.50. The summed E-state index contributed by atoms with van der Waals surface area (Å²) < 4.78 is 22.7. The summed E-state index contributed by atoms with van der Waals surface area (Å²) in [4.78, 5) is 14.1. The highest BCUT2D eigenvalue weighted by atomic mass is 32.2. The van der Waals surface area contributed by atoms with Gasteiger partial charge in [-0.05, 0) is 38.6 Å². The number of rotatable bonds is 5. The molecule has 6 nitrogen and oxygen atoms in total. The second-order valence-corrected chi connectivity index (χ2v) is 8.52. The molecule has 2 aliphatic heterocycles. The fraction of sp³-hybridized carbons (Fsp3) is 0.929. The van der Waals surface area contributed by atoms with E-state index in [0.717, 1.165) is 13.1 Å². The molecule has 0 aliphatic carbocycles. The Morgan fingerprint density at radius 3 is 2.71 bits per heavy atom. The molecule has 2 heterocycles. The van der Waals surface area contributed by atoms with Crippen molar-refractivity contribution in [2.75, 3.05) is 37.7 Å². The number of nitrogens with zero attached hydrogens (tertiary/aromatic N) is 1. The Morgan fingerprint density at radius 2 is 2.05 bits per heavy atom. The quantitative estimate of drug-likeness (QED) is 0.778. The van der Waals surface area contributed by atoms with E-state index in [9.17, 15) is 13.2 Å². The number of carbonyl (C=O) groups is 1. The van der Waals surface area contributed by atoms with Gasteiger partial charge in [-0.15, -0.1) is 0 Å². The maximum atomic E-state index is 11.7. The number of hydrogen-bond acceptors (Lipinski definition) is 4. The van der Waals surface area contributed by atoms with Crippen LogP contribution in [-0.4, -0.2) is 63.1 Å². The number of likely N-dealkylation sites (tertiary alicyclic amines) is 1. The zero-order valence-electron chi connectivity index (χ0n) is 12.8. The van der Waals surface area contributed by atoms with Crippen LogP contribution in [0.1, 0.15) is 32.6 Å². The number of urea groups is 1. The van der Waals surface area contributed by atoms with Crippen LogP contribution in [0.5, 0.6) is 0 Å². The van der Waals surface area contributed by atoms with Crippen LogP contribution >= 0.6 is 0 Å². The fourth-order valence-corrected chi connectivity index (χ4v) is 5.00. The molecule has 122 valence electrons. The normalized spacial score (nSPS) is 29.2. The van der Waals surface area contributed by atoms with E-state index >= 15 is 0 Å². The SMILES string of the molecule is CC1CCCCN1CCNC(=O)NCC1CCS(=O)(=O)C1. The minimum atomic E-state index is -2.86. The fourth-order valence-electron chi connectivity index (χ4n) is 3.14. The first kappa shape index (κ1) is 16.5. The van der Waals surface area contributed by atoms with Crippen LogP contribution in [0, 0.1) is 5.92 Å². The van der Waals surface area contributed by atoms with E-state index in [1.54, 1.807) is 0 Å². The third-order valence-corrected chi connectivity index (χ3v) is 6.34. The van der Waals surface area contributed by atoms with Crippen LogP contribution in [0.25, 0.3) is 0 Å². The summed E-state index contributed by atoms with van der Waals surface area (Å²) in [5.41, 5.74) is 0. The van der Waals surface area contributed by atoms with Gasteiger partial charge in [0.05, 0.1) is 11.5 Å². The molecular weight excluding hydrogens is 290 g/mol. The number of sulfone groups is 1. The second-order valence-electron chi connectivity index (χ2n) is 6.29. The molecule has 0 radical (unpaired) electrons. The second kappa shape index (κ2) is 7.45. The van der Waals surface area contributed by atoms with Crippen molar-refractivity contribution in [3.63, 3.8) is 0 Å². The number of hydrogen-bond donors (Lipinski definition) is 2. The zero-order chi connectivity index (χ0) is 15.3.